The highest BCUT2D eigenvalue weighted by Crippen LogP contribution is 2.30. The van der Waals surface area contributed by atoms with Crippen molar-refractivity contribution in [3.63, 3.8) is 0 Å². The number of carbonyl (C=O) groups excluding carboxylic acids is 1. The van der Waals surface area contributed by atoms with Crippen LogP contribution in [0.3, 0.4) is 0 Å². The van der Waals surface area contributed by atoms with E-state index in [-0.39, 0.29) is 0 Å². The summed E-state index contributed by atoms with van der Waals surface area (Å²) in [6.07, 6.45) is -7.68. The molecule has 0 aliphatic heterocycles. The van der Waals surface area contributed by atoms with E-state index in [1.54, 1.807) is 0 Å². The lowest BCUT2D eigenvalue weighted by atomic mass is 10.3. The normalized spacial score (nSPS) is 11.1. The van der Waals surface area contributed by atoms with E-state index < -0.39 is 23.0 Å². The molecule has 1 aromatic rings. The van der Waals surface area contributed by atoms with E-state index in [4.69, 9.17) is 4.74 Å². The number of ether oxygens (including phenoxy) is 1. The number of carbonyl (C=O) groups is 1. The number of anilines is 1. The molecule has 0 radical (unpaired) electrons. The molecule has 1 aromatic carbocycles. The summed E-state index contributed by atoms with van der Waals surface area (Å²) in [7, 11) is 1.33. The van der Waals surface area contributed by atoms with Gasteiger partial charge >= 0.3 is 12.5 Å². The summed E-state index contributed by atoms with van der Waals surface area (Å²) in [5.74, 6) is 0.303. The van der Waals surface area contributed by atoms with Crippen molar-refractivity contribution in [1.82, 2.24) is 0 Å². The van der Waals surface area contributed by atoms with Crippen molar-refractivity contribution in [2.24, 2.45) is 0 Å². The van der Waals surface area contributed by atoms with Crippen LogP contribution in [-0.4, -0.2) is 19.6 Å². The molecule has 7 heteroatoms. The topological polar surface area (TPSA) is 29.5 Å². The Labute approximate surface area is 88.2 Å². The van der Waals surface area contributed by atoms with Gasteiger partial charge in [0, 0.05) is 0 Å². The van der Waals surface area contributed by atoms with Crippen LogP contribution in [0, 0.1) is 0 Å². The molecule has 0 saturated carbocycles. The molecular weight excluding hydrogens is 230 g/mol. The average Bonchev–Trinajstić information content (AvgIpc) is 2.16. The number of hydrogen-bond donors (Lipinski definition) is 0. The predicted molar refractivity (Wildman–Crippen MR) is 48.0 cm³/mol. The van der Waals surface area contributed by atoms with E-state index in [0.717, 1.165) is 12.1 Å². The van der Waals surface area contributed by atoms with Gasteiger partial charge in [0.15, 0.2) is 0 Å². The summed E-state index contributed by atoms with van der Waals surface area (Å²) in [6.45, 7) is 0. The molecule has 0 bridgehead atoms. The van der Waals surface area contributed by atoms with Gasteiger partial charge in [0.1, 0.15) is 5.75 Å². The van der Waals surface area contributed by atoms with E-state index >= 15 is 0 Å². The highest BCUT2D eigenvalue weighted by atomic mass is 19.4. The third-order valence-electron chi connectivity index (χ3n) is 1.76. The number of amides is 1. The highest BCUT2D eigenvalue weighted by Gasteiger charge is 2.42. The standard InChI is InChI=1S/C9H7F4NO2/c1-16-7-4-2-6(3-5-7)14(8(10)15)9(11,12)13/h2-5H,1H3. The van der Waals surface area contributed by atoms with Crippen LogP contribution in [0.1, 0.15) is 0 Å². The molecule has 0 atom stereocenters. The Morgan fingerprint density at radius 1 is 1.25 bits per heavy atom. The molecule has 16 heavy (non-hydrogen) atoms. The van der Waals surface area contributed by atoms with Crippen molar-refractivity contribution >= 4 is 11.8 Å². The Morgan fingerprint density at radius 2 is 1.75 bits per heavy atom. The molecule has 1 amide bonds. The Morgan fingerprint density at radius 3 is 2.06 bits per heavy atom. The zero-order chi connectivity index (χ0) is 12.3. The number of benzene rings is 1. The van der Waals surface area contributed by atoms with Gasteiger partial charge in [0.2, 0.25) is 0 Å². The second-order valence-corrected chi connectivity index (χ2v) is 2.75. The Balaban J connectivity index is 3.07. The van der Waals surface area contributed by atoms with Gasteiger partial charge in [0.05, 0.1) is 12.8 Å². The van der Waals surface area contributed by atoms with Crippen LogP contribution in [-0.2, 0) is 0 Å². The van der Waals surface area contributed by atoms with Crippen molar-refractivity contribution in [2.45, 2.75) is 6.30 Å². The molecule has 0 aliphatic carbocycles. The first-order valence-corrected chi connectivity index (χ1v) is 4.06. The van der Waals surface area contributed by atoms with E-state index in [1.165, 1.54) is 19.2 Å². The molecule has 0 aromatic heterocycles. The van der Waals surface area contributed by atoms with E-state index in [9.17, 15) is 22.4 Å². The number of halogens is 4. The zero-order valence-electron chi connectivity index (χ0n) is 8.08. The Bertz CT molecular complexity index is 374. The van der Waals surface area contributed by atoms with Crippen molar-refractivity contribution in [2.75, 3.05) is 12.0 Å². The van der Waals surface area contributed by atoms with Crippen molar-refractivity contribution in [1.29, 1.82) is 0 Å². The van der Waals surface area contributed by atoms with Gasteiger partial charge < -0.3 is 4.74 Å². The van der Waals surface area contributed by atoms with Gasteiger partial charge in [0.25, 0.3) is 0 Å². The molecule has 0 unspecified atom stereocenters. The fraction of sp³-hybridized carbons (Fsp3) is 0.222. The second kappa shape index (κ2) is 4.38. The quantitative estimate of drug-likeness (QED) is 0.449. The number of nitrogens with zero attached hydrogens (tertiary/aromatic N) is 1. The molecule has 0 saturated heterocycles. The fourth-order valence-corrected chi connectivity index (χ4v) is 1.08. The molecule has 0 spiro atoms. The predicted octanol–water partition coefficient (Wildman–Crippen LogP) is 3.11. The molecule has 0 N–H and O–H groups in total. The van der Waals surface area contributed by atoms with Crippen LogP contribution >= 0.6 is 0 Å². The van der Waals surface area contributed by atoms with E-state index in [2.05, 4.69) is 0 Å². The molecule has 0 fully saturated rings. The maximum absolute atomic E-state index is 12.3. The third kappa shape index (κ3) is 2.62. The minimum atomic E-state index is -5.10. The molecule has 88 valence electrons. The summed E-state index contributed by atoms with van der Waals surface area (Å²) >= 11 is 0. The van der Waals surface area contributed by atoms with Gasteiger partial charge in [-0.25, -0.2) is 4.79 Å². The summed E-state index contributed by atoms with van der Waals surface area (Å²) in [4.78, 5) is 9.36. The largest absolute Gasteiger partial charge is 0.497 e. The van der Waals surface area contributed by atoms with Crippen LogP contribution in [0.25, 0.3) is 0 Å². The molecule has 3 nitrogen and oxygen atoms in total. The van der Waals surface area contributed by atoms with Gasteiger partial charge in [-0.05, 0) is 24.3 Å². The molecular formula is C9H7F4NO2. The zero-order valence-corrected chi connectivity index (χ0v) is 8.08. The molecule has 0 aliphatic rings. The maximum Gasteiger partial charge on any atom is 0.493 e. The van der Waals surface area contributed by atoms with Crippen molar-refractivity contribution < 1.29 is 27.1 Å². The highest BCUT2D eigenvalue weighted by molar-refractivity contribution is 5.87. The minimum absolute atomic E-state index is 0.303. The van der Waals surface area contributed by atoms with Crippen LogP contribution in [0.2, 0.25) is 0 Å². The number of methoxy groups -OCH3 is 1. The number of hydrogen-bond acceptors (Lipinski definition) is 2. The minimum Gasteiger partial charge on any atom is -0.497 e. The Kier molecular flexibility index (Phi) is 3.36. The van der Waals surface area contributed by atoms with Gasteiger partial charge in [-0.2, -0.15) is 4.90 Å². The summed E-state index contributed by atoms with van der Waals surface area (Å²) in [6, 6.07) is 4.25. The van der Waals surface area contributed by atoms with E-state index in [1.807, 2.05) is 0 Å². The summed E-state index contributed by atoms with van der Waals surface area (Å²) in [5.41, 5.74) is -0.610. The lowest BCUT2D eigenvalue weighted by molar-refractivity contribution is -0.122. The van der Waals surface area contributed by atoms with Crippen molar-refractivity contribution in [3.8, 4) is 5.75 Å². The average molecular weight is 237 g/mol. The first-order valence-electron chi connectivity index (χ1n) is 4.06. The van der Waals surface area contributed by atoms with Crippen molar-refractivity contribution in [3.05, 3.63) is 24.3 Å². The lowest BCUT2D eigenvalue weighted by Crippen LogP contribution is -2.40. The monoisotopic (exact) mass is 237 g/mol. The maximum atomic E-state index is 12.3. The van der Waals surface area contributed by atoms with Gasteiger partial charge in [-0.1, -0.05) is 0 Å². The second-order valence-electron chi connectivity index (χ2n) is 2.75. The number of alkyl halides is 3. The van der Waals surface area contributed by atoms with Crippen LogP contribution in [0.4, 0.5) is 28.0 Å². The fourth-order valence-electron chi connectivity index (χ4n) is 1.08. The van der Waals surface area contributed by atoms with E-state index in [0.29, 0.717) is 5.75 Å². The van der Waals surface area contributed by atoms with Crippen LogP contribution < -0.4 is 9.64 Å². The first-order chi connectivity index (χ1) is 7.36. The summed E-state index contributed by atoms with van der Waals surface area (Å²) in [5, 5.41) is 0. The first kappa shape index (κ1) is 12.3. The van der Waals surface area contributed by atoms with Gasteiger partial charge in [-0.3, -0.25) is 0 Å². The number of rotatable bonds is 2. The van der Waals surface area contributed by atoms with Gasteiger partial charge in [-0.15, -0.1) is 17.6 Å². The smallest absolute Gasteiger partial charge is 0.493 e. The lowest BCUT2D eigenvalue weighted by Gasteiger charge is -2.21. The van der Waals surface area contributed by atoms with Crippen LogP contribution in [0.5, 0.6) is 5.75 Å². The molecule has 0 heterocycles. The third-order valence-corrected chi connectivity index (χ3v) is 1.76. The summed E-state index contributed by atoms with van der Waals surface area (Å²) < 4.78 is 53.8. The van der Waals surface area contributed by atoms with Crippen LogP contribution in [0.15, 0.2) is 24.3 Å². The Hall–Kier alpha value is -1.79. The SMILES string of the molecule is COc1ccc(N(C(=O)F)C(F)(F)F)cc1. The molecule has 1 rings (SSSR count).